The maximum absolute atomic E-state index is 12.0. The van der Waals surface area contributed by atoms with E-state index in [2.05, 4.69) is 26.0 Å². The van der Waals surface area contributed by atoms with E-state index in [-0.39, 0.29) is 5.91 Å². The smallest absolute Gasteiger partial charge is 0.337 e. The predicted molar refractivity (Wildman–Crippen MR) is 88.9 cm³/mol. The van der Waals surface area contributed by atoms with Gasteiger partial charge in [-0.05, 0) is 42.3 Å². The van der Waals surface area contributed by atoms with Crippen molar-refractivity contribution < 1.29 is 14.3 Å². The summed E-state index contributed by atoms with van der Waals surface area (Å²) >= 11 is 3.41. The summed E-state index contributed by atoms with van der Waals surface area (Å²) in [6.45, 7) is 0. The first-order valence-electron chi connectivity index (χ1n) is 6.81. The second-order valence-electron chi connectivity index (χ2n) is 4.75. The van der Waals surface area contributed by atoms with Crippen LogP contribution in [-0.2, 0) is 16.0 Å². The van der Waals surface area contributed by atoms with E-state index in [1.807, 2.05) is 24.3 Å². The van der Waals surface area contributed by atoms with Crippen LogP contribution in [0, 0.1) is 0 Å². The molecule has 0 bridgehead atoms. The van der Waals surface area contributed by atoms with Gasteiger partial charge in [-0.1, -0.05) is 34.1 Å². The van der Waals surface area contributed by atoms with E-state index in [4.69, 9.17) is 0 Å². The molecule has 0 heterocycles. The highest BCUT2D eigenvalue weighted by Crippen LogP contribution is 2.15. The first-order valence-corrected chi connectivity index (χ1v) is 7.60. The van der Waals surface area contributed by atoms with Gasteiger partial charge in [0.15, 0.2) is 0 Å². The fourth-order valence-corrected chi connectivity index (χ4v) is 2.46. The summed E-state index contributed by atoms with van der Waals surface area (Å²) in [7, 11) is 1.32. The molecule has 0 radical (unpaired) electrons. The van der Waals surface area contributed by atoms with Crippen LogP contribution in [-0.4, -0.2) is 19.0 Å². The first-order chi connectivity index (χ1) is 10.6. The lowest BCUT2D eigenvalue weighted by Crippen LogP contribution is -2.13. The normalized spacial score (nSPS) is 10.1. The Morgan fingerprint density at radius 2 is 1.91 bits per heavy atom. The SMILES string of the molecule is COC(=O)c1cccc(NC(=O)CCc2cccc(Br)c2)c1. The van der Waals surface area contributed by atoms with Gasteiger partial charge >= 0.3 is 5.97 Å². The van der Waals surface area contributed by atoms with Crippen LogP contribution < -0.4 is 5.32 Å². The van der Waals surface area contributed by atoms with Gasteiger partial charge in [-0.3, -0.25) is 4.79 Å². The molecule has 0 saturated heterocycles. The van der Waals surface area contributed by atoms with E-state index >= 15 is 0 Å². The second kappa shape index (κ2) is 7.75. The quantitative estimate of drug-likeness (QED) is 0.823. The number of ether oxygens (including phenoxy) is 1. The van der Waals surface area contributed by atoms with E-state index in [1.165, 1.54) is 7.11 Å². The molecule has 1 N–H and O–H groups in total. The number of benzene rings is 2. The summed E-state index contributed by atoms with van der Waals surface area (Å²) < 4.78 is 5.65. The zero-order valence-electron chi connectivity index (χ0n) is 12.1. The van der Waals surface area contributed by atoms with Crippen molar-refractivity contribution in [1.29, 1.82) is 0 Å². The van der Waals surface area contributed by atoms with Crippen LogP contribution in [0.1, 0.15) is 22.3 Å². The summed E-state index contributed by atoms with van der Waals surface area (Å²) in [6.07, 6.45) is 1.03. The number of hydrogen-bond acceptors (Lipinski definition) is 3. The molecule has 5 heteroatoms. The average molecular weight is 362 g/mol. The Hall–Kier alpha value is -2.14. The minimum atomic E-state index is -0.426. The van der Waals surface area contributed by atoms with Crippen LogP contribution in [0.3, 0.4) is 0 Å². The highest BCUT2D eigenvalue weighted by Gasteiger charge is 2.08. The molecule has 22 heavy (non-hydrogen) atoms. The van der Waals surface area contributed by atoms with Crippen molar-refractivity contribution in [3.63, 3.8) is 0 Å². The van der Waals surface area contributed by atoms with Gasteiger partial charge in [0.2, 0.25) is 5.91 Å². The minimum absolute atomic E-state index is 0.0954. The number of amides is 1. The maximum Gasteiger partial charge on any atom is 0.337 e. The molecular formula is C17H16BrNO3. The number of nitrogens with one attached hydrogen (secondary N) is 1. The van der Waals surface area contributed by atoms with Gasteiger partial charge in [0.1, 0.15) is 0 Å². The summed E-state index contributed by atoms with van der Waals surface area (Å²) in [5, 5.41) is 2.79. The summed E-state index contributed by atoms with van der Waals surface area (Å²) in [4.78, 5) is 23.4. The lowest BCUT2D eigenvalue weighted by atomic mass is 10.1. The predicted octanol–water partition coefficient (Wildman–Crippen LogP) is 3.81. The van der Waals surface area contributed by atoms with Gasteiger partial charge in [-0.15, -0.1) is 0 Å². The second-order valence-corrected chi connectivity index (χ2v) is 5.67. The molecule has 0 spiro atoms. The molecule has 0 aliphatic rings. The summed E-state index contributed by atoms with van der Waals surface area (Å²) in [5.41, 5.74) is 2.09. The van der Waals surface area contributed by atoms with Crippen LogP contribution in [0.4, 0.5) is 5.69 Å². The molecule has 0 fully saturated rings. The van der Waals surface area contributed by atoms with Gasteiger partial charge < -0.3 is 10.1 Å². The highest BCUT2D eigenvalue weighted by molar-refractivity contribution is 9.10. The molecule has 4 nitrogen and oxygen atoms in total. The van der Waals surface area contributed by atoms with Crippen LogP contribution in [0.25, 0.3) is 0 Å². The van der Waals surface area contributed by atoms with Crippen molar-refractivity contribution in [2.24, 2.45) is 0 Å². The number of anilines is 1. The third-order valence-electron chi connectivity index (χ3n) is 3.10. The molecule has 114 valence electrons. The molecule has 2 aromatic carbocycles. The molecule has 0 atom stereocenters. The van der Waals surface area contributed by atoms with E-state index in [0.717, 1.165) is 10.0 Å². The molecular weight excluding hydrogens is 346 g/mol. The molecule has 2 rings (SSSR count). The van der Waals surface area contributed by atoms with Gasteiger partial charge in [0, 0.05) is 16.6 Å². The Bertz CT molecular complexity index is 685. The molecule has 0 unspecified atom stereocenters. The van der Waals surface area contributed by atoms with Crippen LogP contribution in [0.15, 0.2) is 53.0 Å². The third kappa shape index (κ3) is 4.70. The Morgan fingerprint density at radius 1 is 1.14 bits per heavy atom. The number of halogens is 1. The number of hydrogen-bond donors (Lipinski definition) is 1. The fourth-order valence-electron chi connectivity index (χ4n) is 2.02. The molecule has 0 aliphatic carbocycles. The minimum Gasteiger partial charge on any atom is -0.465 e. The number of methoxy groups -OCH3 is 1. The first kappa shape index (κ1) is 16.2. The average Bonchev–Trinajstić information content (AvgIpc) is 2.52. The van der Waals surface area contributed by atoms with Crippen molar-refractivity contribution >= 4 is 33.5 Å². The Balaban J connectivity index is 1.93. The van der Waals surface area contributed by atoms with Crippen molar-refractivity contribution in [2.75, 3.05) is 12.4 Å². The number of esters is 1. The Labute approximate surface area is 137 Å². The lowest BCUT2D eigenvalue weighted by molar-refractivity contribution is -0.116. The molecule has 0 aromatic heterocycles. The molecule has 0 saturated carbocycles. The zero-order chi connectivity index (χ0) is 15.9. The Kier molecular flexibility index (Phi) is 5.72. The van der Waals surface area contributed by atoms with Crippen molar-refractivity contribution in [1.82, 2.24) is 0 Å². The maximum atomic E-state index is 12.0. The van der Waals surface area contributed by atoms with Gasteiger partial charge in [-0.25, -0.2) is 4.79 Å². The van der Waals surface area contributed by atoms with Crippen LogP contribution >= 0.6 is 15.9 Å². The number of carbonyl (C=O) groups excluding carboxylic acids is 2. The van der Waals surface area contributed by atoms with Gasteiger partial charge in [0.25, 0.3) is 0 Å². The summed E-state index contributed by atoms with van der Waals surface area (Å²) in [5.74, 6) is -0.521. The van der Waals surface area contributed by atoms with E-state index in [9.17, 15) is 9.59 Å². The largest absolute Gasteiger partial charge is 0.465 e. The molecule has 1 amide bonds. The fraction of sp³-hybridized carbons (Fsp3) is 0.176. The van der Waals surface area contributed by atoms with E-state index in [1.54, 1.807) is 24.3 Å². The number of aryl methyl sites for hydroxylation is 1. The van der Waals surface area contributed by atoms with E-state index < -0.39 is 5.97 Å². The zero-order valence-corrected chi connectivity index (χ0v) is 13.7. The number of rotatable bonds is 5. The topological polar surface area (TPSA) is 55.4 Å². The lowest BCUT2D eigenvalue weighted by Gasteiger charge is -2.07. The van der Waals surface area contributed by atoms with E-state index in [0.29, 0.717) is 24.1 Å². The Morgan fingerprint density at radius 3 is 2.64 bits per heavy atom. The van der Waals surface area contributed by atoms with Crippen molar-refractivity contribution in [3.8, 4) is 0 Å². The monoisotopic (exact) mass is 361 g/mol. The number of carbonyl (C=O) groups is 2. The highest BCUT2D eigenvalue weighted by atomic mass is 79.9. The molecule has 2 aromatic rings. The third-order valence-corrected chi connectivity index (χ3v) is 3.59. The van der Waals surface area contributed by atoms with Crippen LogP contribution in [0.5, 0.6) is 0 Å². The summed E-state index contributed by atoms with van der Waals surface area (Å²) in [6, 6.07) is 14.5. The van der Waals surface area contributed by atoms with Gasteiger partial charge in [0.05, 0.1) is 12.7 Å². The molecule has 0 aliphatic heterocycles. The van der Waals surface area contributed by atoms with Crippen molar-refractivity contribution in [2.45, 2.75) is 12.8 Å². The van der Waals surface area contributed by atoms with Crippen molar-refractivity contribution in [3.05, 3.63) is 64.1 Å². The van der Waals surface area contributed by atoms with Gasteiger partial charge in [-0.2, -0.15) is 0 Å². The standard InChI is InChI=1S/C17H16BrNO3/c1-22-17(21)13-5-3-7-15(11-13)19-16(20)9-8-12-4-2-6-14(18)10-12/h2-7,10-11H,8-9H2,1H3,(H,19,20). The van der Waals surface area contributed by atoms with Crippen LogP contribution in [0.2, 0.25) is 0 Å².